The lowest BCUT2D eigenvalue weighted by molar-refractivity contribution is -0.116. The molecular weight excluding hydrogens is 320 g/mol. The van der Waals surface area contributed by atoms with Crippen LogP contribution in [0.5, 0.6) is 0 Å². The second-order valence-electron chi connectivity index (χ2n) is 5.99. The van der Waals surface area contributed by atoms with Crippen LogP contribution in [0.3, 0.4) is 0 Å². The van der Waals surface area contributed by atoms with E-state index in [1.165, 1.54) is 6.92 Å². The minimum atomic E-state index is -3.61. The number of amides is 1. The van der Waals surface area contributed by atoms with Crippen molar-refractivity contribution in [2.45, 2.75) is 49.4 Å². The largest absolute Gasteiger partial charge is 0.311 e. The Morgan fingerprint density at radius 2 is 2.09 bits per heavy atom. The first kappa shape index (κ1) is 17.3. The molecule has 2 rings (SSSR count). The summed E-state index contributed by atoms with van der Waals surface area (Å²) in [6, 6.07) is 4.98. The van der Waals surface area contributed by atoms with Gasteiger partial charge in [-0.2, -0.15) is 0 Å². The van der Waals surface area contributed by atoms with E-state index in [1.54, 1.807) is 34.9 Å². The van der Waals surface area contributed by atoms with Crippen molar-refractivity contribution in [1.82, 2.24) is 4.72 Å². The molecule has 1 aromatic rings. The second-order valence-corrected chi connectivity index (χ2v) is 8.81. The van der Waals surface area contributed by atoms with Gasteiger partial charge >= 0.3 is 0 Å². The monoisotopic (exact) mass is 342 g/mol. The van der Waals surface area contributed by atoms with Crippen molar-refractivity contribution in [3.63, 3.8) is 0 Å². The van der Waals surface area contributed by atoms with Crippen LogP contribution in [0.25, 0.3) is 0 Å². The van der Waals surface area contributed by atoms with Crippen molar-refractivity contribution in [2.75, 3.05) is 17.2 Å². The summed E-state index contributed by atoms with van der Waals surface area (Å²) >= 11 is 1.64. The van der Waals surface area contributed by atoms with Gasteiger partial charge in [-0.25, -0.2) is 13.1 Å². The van der Waals surface area contributed by atoms with Gasteiger partial charge in [0.1, 0.15) is 0 Å². The number of benzene rings is 1. The number of carbonyl (C=O) groups excluding carboxylic acids is 1. The third-order valence-corrected chi connectivity index (χ3v) is 6.52. The van der Waals surface area contributed by atoms with Crippen molar-refractivity contribution < 1.29 is 13.2 Å². The molecule has 7 heteroatoms. The highest BCUT2D eigenvalue weighted by atomic mass is 32.2. The fraction of sp³-hybridized carbons (Fsp3) is 0.533. The number of hydrogen-bond acceptors (Lipinski definition) is 4. The zero-order chi connectivity index (χ0) is 16.5. The Bertz CT molecular complexity index is 684. The van der Waals surface area contributed by atoms with Crippen LogP contribution in [0.4, 0.5) is 5.69 Å². The normalized spacial score (nSPS) is 15.5. The third kappa shape index (κ3) is 3.64. The van der Waals surface area contributed by atoms with E-state index in [0.717, 1.165) is 10.6 Å². The summed E-state index contributed by atoms with van der Waals surface area (Å²) in [4.78, 5) is 14.5. The fourth-order valence-electron chi connectivity index (χ4n) is 2.19. The molecule has 1 aromatic carbocycles. The van der Waals surface area contributed by atoms with Gasteiger partial charge in [-0.05, 0) is 38.5 Å². The number of anilines is 1. The van der Waals surface area contributed by atoms with E-state index in [2.05, 4.69) is 4.72 Å². The SMILES string of the molecule is CCC(C)(C)NS(=O)(=O)c1ccc2c(c1)N(C(C)=O)CCS2. The number of thioether (sulfide) groups is 1. The highest BCUT2D eigenvalue weighted by molar-refractivity contribution is 7.99. The van der Waals surface area contributed by atoms with Crippen molar-refractivity contribution in [2.24, 2.45) is 0 Å². The zero-order valence-corrected chi connectivity index (χ0v) is 15.0. The molecule has 1 amide bonds. The van der Waals surface area contributed by atoms with E-state index in [0.29, 0.717) is 18.7 Å². The van der Waals surface area contributed by atoms with E-state index in [4.69, 9.17) is 0 Å². The molecule has 0 fully saturated rings. The first-order valence-corrected chi connectivity index (χ1v) is 9.72. The number of fused-ring (bicyclic) bond motifs is 1. The maximum Gasteiger partial charge on any atom is 0.241 e. The number of sulfonamides is 1. The molecule has 0 bridgehead atoms. The molecular formula is C15H22N2O3S2. The lowest BCUT2D eigenvalue weighted by atomic mass is 10.0. The number of hydrogen-bond donors (Lipinski definition) is 1. The summed E-state index contributed by atoms with van der Waals surface area (Å²) in [5.74, 6) is 0.748. The predicted molar refractivity (Wildman–Crippen MR) is 89.9 cm³/mol. The summed E-state index contributed by atoms with van der Waals surface area (Å²) in [5, 5.41) is 0. The van der Waals surface area contributed by atoms with Crippen LogP contribution >= 0.6 is 11.8 Å². The van der Waals surface area contributed by atoms with Crippen molar-refractivity contribution in [3.05, 3.63) is 18.2 Å². The van der Waals surface area contributed by atoms with E-state index >= 15 is 0 Å². The van der Waals surface area contributed by atoms with Crippen LogP contribution in [-0.4, -0.2) is 32.2 Å². The molecule has 22 heavy (non-hydrogen) atoms. The molecule has 0 spiro atoms. The molecule has 1 aliphatic heterocycles. The van der Waals surface area contributed by atoms with Gasteiger partial charge in [0.25, 0.3) is 0 Å². The fourth-order valence-corrected chi connectivity index (χ4v) is 4.67. The van der Waals surface area contributed by atoms with Gasteiger partial charge in [-0.1, -0.05) is 6.92 Å². The summed E-state index contributed by atoms with van der Waals surface area (Å²) in [5.41, 5.74) is 0.171. The van der Waals surface area contributed by atoms with Crippen LogP contribution in [0.15, 0.2) is 28.0 Å². The van der Waals surface area contributed by atoms with Gasteiger partial charge < -0.3 is 4.90 Å². The highest BCUT2D eigenvalue weighted by Crippen LogP contribution is 2.36. The molecule has 122 valence electrons. The molecule has 0 saturated heterocycles. The molecule has 1 aliphatic rings. The quantitative estimate of drug-likeness (QED) is 0.913. The first-order valence-electron chi connectivity index (χ1n) is 7.25. The van der Waals surface area contributed by atoms with Crippen molar-refractivity contribution in [1.29, 1.82) is 0 Å². The van der Waals surface area contributed by atoms with Gasteiger partial charge in [-0.3, -0.25) is 4.79 Å². The zero-order valence-electron chi connectivity index (χ0n) is 13.3. The lowest BCUT2D eigenvalue weighted by Crippen LogP contribution is -2.42. The lowest BCUT2D eigenvalue weighted by Gasteiger charge is -2.29. The molecule has 0 atom stereocenters. The average molecular weight is 342 g/mol. The standard InChI is InChI=1S/C15H22N2O3S2/c1-5-15(3,4)16-22(19,20)12-6-7-14-13(10-12)17(11(2)18)8-9-21-14/h6-7,10,16H,5,8-9H2,1-4H3. The molecule has 0 unspecified atom stereocenters. The Kier molecular flexibility index (Phi) is 4.89. The van der Waals surface area contributed by atoms with Crippen molar-refractivity contribution in [3.8, 4) is 0 Å². The Morgan fingerprint density at radius 1 is 1.41 bits per heavy atom. The number of rotatable bonds is 4. The molecule has 0 aromatic heterocycles. The minimum absolute atomic E-state index is 0.0713. The Hall–Kier alpha value is -1.05. The summed E-state index contributed by atoms with van der Waals surface area (Å²) in [7, 11) is -3.61. The smallest absolute Gasteiger partial charge is 0.241 e. The summed E-state index contributed by atoms with van der Waals surface area (Å²) in [6.07, 6.45) is 0.687. The molecule has 0 aliphatic carbocycles. The maximum atomic E-state index is 12.5. The third-order valence-electron chi connectivity index (χ3n) is 3.78. The van der Waals surface area contributed by atoms with Gasteiger partial charge in [-0.15, -0.1) is 11.8 Å². The second kappa shape index (κ2) is 6.22. The maximum absolute atomic E-state index is 12.5. The topological polar surface area (TPSA) is 66.5 Å². The number of carbonyl (C=O) groups is 1. The molecule has 0 radical (unpaired) electrons. The molecule has 1 N–H and O–H groups in total. The molecule has 1 heterocycles. The Labute approximate surface area is 136 Å². The van der Waals surface area contributed by atoms with E-state index in [1.807, 2.05) is 20.8 Å². The minimum Gasteiger partial charge on any atom is -0.311 e. The highest BCUT2D eigenvalue weighted by Gasteiger charge is 2.27. The van der Waals surface area contributed by atoms with Gasteiger partial charge in [0, 0.05) is 29.7 Å². The molecule has 0 saturated carbocycles. The Balaban J connectivity index is 2.42. The average Bonchev–Trinajstić information content (AvgIpc) is 2.44. The van der Waals surface area contributed by atoms with Crippen molar-refractivity contribution >= 4 is 33.4 Å². The predicted octanol–water partition coefficient (Wildman–Crippen LogP) is 2.61. The van der Waals surface area contributed by atoms with Gasteiger partial charge in [0.2, 0.25) is 15.9 Å². The van der Waals surface area contributed by atoms with Gasteiger partial charge in [0.15, 0.2) is 0 Å². The van der Waals surface area contributed by atoms with Gasteiger partial charge in [0.05, 0.1) is 10.6 Å². The van der Waals surface area contributed by atoms with E-state index in [-0.39, 0.29) is 10.8 Å². The summed E-state index contributed by atoms with van der Waals surface area (Å²) < 4.78 is 27.8. The van der Waals surface area contributed by atoms with Crippen LogP contribution in [-0.2, 0) is 14.8 Å². The van der Waals surface area contributed by atoms with E-state index in [9.17, 15) is 13.2 Å². The Morgan fingerprint density at radius 3 is 2.68 bits per heavy atom. The number of nitrogens with one attached hydrogen (secondary N) is 1. The number of nitrogens with zero attached hydrogens (tertiary/aromatic N) is 1. The van der Waals surface area contributed by atoms with Crippen LogP contribution in [0, 0.1) is 0 Å². The van der Waals surface area contributed by atoms with Crippen LogP contribution in [0.1, 0.15) is 34.1 Å². The van der Waals surface area contributed by atoms with Crippen LogP contribution < -0.4 is 9.62 Å². The van der Waals surface area contributed by atoms with E-state index < -0.39 is 15.6 Å². The summed E-state index contributed by atoms with van der Waals surface area (Å²) in [6.45, 7) is 7.73. The van der Waals surface area contributed by atoms with Crippen LogP contribution in [0.2, 0.25) is 0 Å². The first-order chi connectivity index (χ1) is 10.2. The molecule has 5 nitrogen and oxygen atoms in total.